The molecule has 152 valence electrons. The van der Waals surface area contributed by atoms with Crippen molar-refractivity contribution in [3.05, 3.63) is 32.7 Å². The molecule has 0 bridgehead atoms. The van der Waals surface area contributed by atoms with Crippen LogP contribution in [0.25, 0.3) is 0 Å². The minimum absolute atomic E-state index is 0.0895. The molecule has 0 aliphatic rings. The zero-order valence-corrected chi connectivity index (χ0v) is 17.9. The van der Waals surface area contributed by atoms with E-state index < -0.39 is 30.2 Å². The van der Waals surface area contributed by atoms with E-state index in [2.05, 4.69) is 29.1 Å². The molecular weight excluding hydrogens is 400 g/mol. The van der Waals surface area contributed by atoms with E-state index >= 15 is 0 Å². The summed E-state index contributed by atoms with van der Waals surface area (Å²) in [6.45, 7) is 6.10. The van der Waals surface area contributed by atoms with Gasteiger partial charge in [-0.15, -0.1) is 22.7 Å². The molecule has 0 spiro atoms. The number of carbonyl (C=O) groups is 3. The van der Waals surface area contributed by atoms with Crippen molar-refractivity contribution in [1.82, 2.24) is 20.2 Å². The van der Waals surface area contributed by atoms with Crippen LogP contribution in [0.1, 0.15) is 48.7 Å². The highest BCUT2D eigenvalue weighted by molar-refractivity contribution is 7.09. The Kier molecular flexibility index (Phi) is 8.06. The number of esters is 1. The van der Waals surface area contributed by atoms with Gasteiger partial charge in [-0.05, 0) is 6.92 Å². The van der Waals surface area contributed by atoms with Crippen molar-refractivity contribution >= 4 is 40.5 Å². The molecule has 0 fully saturated rings. The van der Waals surface area contributed by atoms with Gasteiger partial charge in [-0.25, -0.2) is 9.78 Å². The predicted octanol–water partition coefficient (Wildman–Crippen LogP) is 2.96. The summed E-state index contributed by atoms with van der Waals surface area (Å²) in [4.78, 5) is 46.8. The van der Waals surface area contributed by atoms with E-state index in [0.717, 1.165) is 15.6 Å². The van der Waals surface area contributed by atoms with Gasteiger partial charge in [0.05, 0.1) is 33.7 Å². The Morgan fingerprint density at radius 3 is 2.61 bits per heavy atom. The third kappa shape index (κ3) is 6.68. The Labute approximate surface area is 171 Å². The number of ether oxygens (including phenoxy) is 1. The molecule has 0 unspecified atom stereocenters. The Bertz CT molecular complexity index is 804. The van der Waals surface area contributed by atoms with E-state index in [-0.39, 0.29) is 6.61 Å². The quantitative estimate of drug-likeness (QED) is 0.490. The summed E-state index contributed by atoms with van der Waals surface area (Å²) >= 11 is 2.93. The third-order valence-electron chi connectivity index (χ3n) is 3.81. The lowest BCUT2D eigenvalue weighted by atomic mass is 10.1. The summed E-state index contributed by atoms with van der Waals surface area (Å²) in [6.07, 6.45) is 1.21. The summed E-state index contributed by atoms with van der Waals surface area (Å²) in [7, 11) is 1.63. The Balaban J connectivity index is 1.76. The predicted molar refractivity (Wildman–Crippen MR) is 107 cm³/mol. The van der Waals surface area contributed by atoms with Crippen LogP contribution in [0.4, 0.5) is 4.79 Å². The van der Waals surface area contributed by atoms with Crippen molar-refractivity contribution in [3.8, 4) is 0 Å². The molecule has 0 aliphatic carbocycles. The average Bonchev–Trinajstić information content (AvgIpc) is 3.31. The van der Waals surface area contributed by atoms with Crippen molar-refractivity contribution in [2.24, 2.45) is 0 Å². The van der Waals surface area contributed by atoms with Gasteiger partial charge in [-0.1, -0.05) is 13.8 Å². The van der Waals surface area contributed by atoms with Crippen LogP contribution in [0.15, 0.2) is 17.1 Å². The fourth-order valence-corrected chi connectivity index (χ4v) is 3.49. The van der Waals surface area contributed by atoms with Gasteiger partial charge in [-0.2, -0.15) is 0 Å². The van der Waals surface area contributed by atoms with Gasteiger partial charge < -0.3 is 15.0 Å². The maximum absolute atomic E-state index is 12.3. The highest BCUT2D eigenvalue weighted by atomic mass is 32.1. The number of amides is 2. The molecule has 8 nitrogen and oxygen atoms in total. The number of aromatic nitrogens is 2. The summed E-state index contributed by atoms with van der Waals surface area (Å²) in [5, 5.41) is 5.54. The molecule has 0 saturated heterocycles. The fraction of sp³-hybridized carbons (Fsp3) is 0.500. The number of Topliss-reactive ketones (excluding diaryl/α,β-unsaturated/α-hetero) is 1. The van der Waals surface area contributed by atoms with Crippen molar-refractivity contribution in [2.45, 2.75) is 52.3 Å². The Morgan fingerprint density at radius 2 is 2.00 bits per heavy atom. The molecule has 0 aliphatic heterocycles. The van der Waals surface area contributed by atoms with Gasteiger partial charge >= 0.3 is 12.0 Å². The molecular formula is C18H24N4O4S2. The number of nitrogens with zero attached hydrogens (tertiary/aromatic N) is 3. The van der Waals surface area contributed by atoms with Gasteiger partial charge in [0.15, 0.2) is 5.78 Å². The average molecular weight is 425 g/mol. The minimum Gasteiger partial charge on any atom is -0.460 e. The number of urea groups is 1. The van der Waals surface area contributed by atoms with Crippen LogP contribution < -0.4 is 5.32 Å². The van der Waals surface area contributed by atoms with Gasteiger partial charge in [0.25, 0.3) is 0 Å². The Morgan fingerprint density at radius 1 is 1.25 bits per heavy atom. The van der Waals surface area contributed by atoms with Gasteiger partial charge in [0.1, 0.15) is 13.0 Å². The van der Waals surface area contributed by atoms with Crippen LogP contribution in [0.2, 0.25) is 0 Å². The molecule has 28 heavy (non-hydrogen) atoms. The molecule has 10 heteroatoms. The van der Waals surface area contributed by atoms with Gasteiger partial charge in [0.2, 0.25) is 0 Å². The fourth-order valence-electron chi connectivity index (χ4n) is 2.16. The highest BCUT2D eigenvalue weighted by Crippen LogP contribution is 2.19. The monoisotopic (exact) mass is 424 g/mol. The summed E-state index contributed by atoms with van der Waals surface area (Å²) in [5.74, 6) is -0.699. The van der Waals surface area contributed by atoms with Crippen LogP contribution in [-0.2, 0) is 27.5 Å². The van der Waals surface area contributed by atoms with Gasteiger partial charge in [-0.3, -0.25) is 14.6 Å². The van der Waals surface area contributed by atoms with E-state index in [1.165, 1.54) is 16.2 Å². The molecule has 1 atom stereocenters. The van der Waals surface area contributed by atoms with E-state index in [9.17, 15) is 14.4 Å². The van der Waals surface area contributed by atoms with E-state index in [0.29, 0.717) is 12.5 Å². The summed E-state index contributed by atoms with van der Waals surface area (Å²) in [6, 6.07) is -1.20. The van der Waals surface area contributed by atoms with E-state index in [1.807, 2.05) is 5.38 Å². The van der Waals surface area contributed by atoms with Crippen molar-refractivity contribution in [3.63, 3.8) is 0 Å². The first-order chi connectivity index (χ1) is 13.3. The molecule has 0 radical (unpaired) electrons. The number of thiazole rings is 2. The molecule has 0 saturated carbocycles. The molecule has 2 heterocycles. The van der Waals surface area contributed by atoms with E-state index in [4.69, 9.17) is 4.74 Å². The van der Waals surface area contributed by atoms with Crippen molar-refractivity contribution in [1.29, 1.82) is 0 Å². The molecule has 0 aromatic carbocycles. The standard InChI is InChI=1S/C18H24N4O4S2/c1-11(2)17-21-13(9-27-17)7-22(4)18(25)20-12(3)15(23)5-16(24)26-8-14-6-19-10-28-14/h6,9-12H,5,7-8H2,1-4H3,(H,20,25)/t12-/m0/s1. The molecule has 2 aromatic rings. The first-order valence-corrected chi connectivity index (χ1v) is 10.5. The lowest BCUT2D eigenvalue weighted by Gasteiger charge is -2.20. The normalized spacial score (nSPS) is 11.9. The number of carbonyl (C=O) groups excluding carboxylic acids is 3. The third-order valence-corrected chi connectivity index (χ3v) is 5.76. The first-order valence-electron chi connectivity index (χ1n) is 8.78. The zero-order chi connectivity index (χ0) is 20.7. The second-order valence-electron chi connectivity index (χ2n) is 6.63. The Hall–Kier alpha value is -2.33. The SMILES string of the molecule is CC(C)c1nc(CN(C)C(=O)N[C@@H](C)C(=O)CC(=O)OCc2cncs2)cs1. The topological polar surface area (TPSA) is 101 Å². The first kappa shape index (κ1) is 22.0. The second-order valence-corrected chi connectivity index (χ2v) is 8.49. The molecule has 2 amide bonds. The number of ketones is 1. The molecule has 2 aromatic heterocycles. The maximum Gasteiger partial charge on any atom is 0.318 e. The molecule has 1 N–H and O–H groups in total. The van der Waals surface area contributed by atoms with Crippen molar-refractivity contribution < 1.29 is 19.1 Å². The summed E-state index contributed by atoms with van der Waals surface area (Å²) < 4.78 is 5.04. The molecule has 2 rings (SSSR count). The van der Waals surface area contributed by atoms with Crippen LogP contribution in [0.5, 0.6) is 0 Å². The smallest absolute Gasteiger partial charge is 0.318 e. The second kappa shape index (κ2) is 10.3. The summed E-state index contributed by atoms with van der Waals surface area (Å²) in [5.41, 5.74) is 2.44. The lowest BCUT2D eigenvalue weighted by molar-refractivity contribution is -0.147. The van der Waals surface area contributed by atoms with Crippen LogP contribution in [-0.4, -0.2) is 45.7 Å². The van der Waals surface area contributed by atoms with Crippen LogP contribution >= 0.6 is 22.7 Å². The number of rotatable bonds is 9. The zero-order valence-electron chi connectivity index (χ0n) is 16.3. The minimum atomic E-state index is -0.799. The highest BCUT2D eigenvalue weighted by Gasteiger charge is 2.21. The number of hydrogen-bond acceptors (Lipinski definition) is 8. The van der Waals surface area contributed by atoms with E-state index in [1.54, 1.807) is 37.0 Å². The van der Waals surface area contributed by atoms with Crippen LogP contribution in [0, 0.1) is 0 Å². The number of nitrogens with one attached hydrogen (secondary N) is 1. The lowest BCUT2D eigenvalue weighted by Crippen LogP contribution is -2.45. The maximum atomic E-state index is 12.3. The van der Waals surface area contributed by atoms with Crippen molar-refractivity contribution in [2.75, 3.05) is 7.05 Å². The number of hydrogen-bond donors (Lipinski definition) is 1. The van der Waals surface area contributed by atoms with Gasteiger partial charge in [0, 0.05) is 24.5 Å². The van der Waals surface area contributed by atoms with Crippen LogP contribution in [0.3, 0.4) is 0 Å². The largest absolute Gasteiger partial charge is 0.460 e.